The highest BCUT2D eigenvalue weighted by molar-refractivity contribution is 5.87. The first-order chi connectivity index (χ1) is 28.9. The van der Waals surface area contributed by atoms with E-state index in [2.05, 4.69) is 62.0 Å². The van der Waals surface area contributed by atoms with Crippen molar-refractivity contribution in [1.29, 1.82) is 0 Å². The van der Waals surface area contributed by atoms with E-state index >= 15 is 0 Å². The van der Waals surface area contributed by atoms with E-state index in [1.807, 2.05) is 50.1 Å². The molecule has 3 aromatic carbocycles. The number of carboxylic acid groups (broad SMARTS) is 1. The number of aromatic nitrogens is 4. The Bertz CT molecular complexity index is 2320. The Labute approximate surface area is 349 Å². The van der Waals surface area contributed by atoms with Gasteiger partial charge in [0.15, 0.2) is 0 Å². The molecule has 14 heteroatoms. The maximum atomic E-state index is 13.7. The lowest BCUT2D eigenvalue weighted by Crippen LogP contribution is -2.42. The molecule has 0 bridgehead atoms. The minimum atomic E-state index is -1.26. The van der Waals surface area contributed by atoms with Crippen LogP contribution in [0.2, 0.25) is 0 Å². The van der Waals surface area contributed by atoms with E-state index in [1.165, 1.54) is 0 Å². The van der Waals surface area contributed by atoms with Gasteiger partial charge in [0.25, 0.3) is 5.91 Å². The van der Waals surface area contributed by atoms with Crippen LogP contribution in [0.4, 0.5) is 9.59 Å². The zero-order valence-electron chi connectivity index (χ0n) is 34.2. The number of nitrogens with one attached hydrogen (secondary N) is 4. The van der Waals surface area contributed by atoms with E-state index in [0.717, 1.165) is 78.0 Å². The predicted molar refractivity (Wildman–Crippen MR) is 225 cm³/mol. The van der Waals surface area contributed by atoms with Gasteiger partial charge in [-0.1, -0.05) is 78.9 Å². The van der Waals surface area contributed by atoms with Gasteiger partial charge in [0, 0.05) is 25.0 Å². The van der Waals surface area contributed by atoms with Crippen LogP contribution in [0.3, 0.4) is 0 Å². The van der Waals surface area contributed by atoms with Crippen LogP contribution in [-0.2, 0) is 14.3 Å². The molecule has 5 aromatic rings. The molecule has 1 aliphatic carbocycles. The number of aromatic amines is 2. The highest BCUT2D eigenvalue weighted by atomic mass is 16.6. The Hall–Kier alpha value is -6.44. The maximum absolute atomic E-state index is 13.7. The van der Waals surface area contributed by atoms with Crippen LogP contribution >= 0.6 is 0 Å². The molecule has 60 heavy (non-hydrogen) atoms. The van der Waals surface area contributed by atoms with Gasteiger partial charge in [-0.3, -0.25) is 9.59 Å². The van der Waals surface area contributed by atoms with Crippen molar-refractivity contribution in [3.05, 3.63) is 108 Å². The highest BCUT2D eigenvalue weighted by Gasteiger charge is 2.40. The third kappa shape index (κ3) is 8.92. The summed E-state index contributed by atoms with van der Waals surface area (Å²) in [5.41, 5.74) is 5.80. The van der Waals surface area contributed by atoms with Crippen molar-refractivity contribution in [2.24, 2.45) is 5.92 Å². The molecular weight excluding hydrogens is 761 g/mol. The predicted octanol–water partition coefficient (Wildman–Crippen LogP) is 8.16. The molecule has 2 aliphatic heterocycles. The molecule has 8 rings (SSSR count). The molecule has 1 saturated carbocycles. The molecule has 2 aromatic heterocycles. The number of hydrogen-bond acceptors (Lipinski definition) is 7. The van der Waals surface area contributed by atoms with Crippen molar-refractivity contribution in [3.8, 4) is 33.6 Å². The molecule has 4 amide bonds. The van der Waals surface area contributed by atoms with Crippen LogP contribution < -0.4 is 10.6 Å². The molecule has 312 valence electrons. The first-order valence-electron chi connectivity index (χ1n) is 20.9. The number of nitrogens with zero attached hydrogens (tertiary/aromatic N) is 4. The van der Waals surface area contributed by atoms with Gasteiger partial charge in [0.1, 0.15) is 23.3 Å². The molecular formula is C46H52N8O6. The lowest BCUT2D eigenvalue weighted by Gasteiger charge is -2.28. The molecule has 3 aliphatic rings. The average Bonchev–Trinajstić information content (AvgIpc) is 4.09. The molecule has 0 unspecified atom stereocenters. The maximum Gasteiger partial charge on any atom is 0.407 e. The number of amides is 4. The monoisotopic (exact) mass is 812 g/mol. The van der Waals surface area contributed by atoms with Crippen LogP contribution in [0, 0.1) is 5.92 Å². The summed E-state index contributed by atoms with van der Waals surface area (Å²) in [6.07, 6.45) is 7.29. The fraction of sp³-hybridized carbons (Fsp3) is 0.391. The summed E-state index contributed by atoms with van der Waals surface area (Å²) in [6.45, 7) is 6.72. The second kappa shape index (κ2) is 17.0. The van der Waals surface area contributed by atoms with Gasteiger partial charge in [-0.25, -0.2) is 19.6 Å². The summed E-state index contributed by atoms with van der Waals surface area (Å²) in [4.78, 5) is 71.4. The van der Waals surface area contributed by atoms with Crippen molar-refractivity contribution in [1.82, 2.24) is 40.4 Å². The van der Waals surface area contributed by atoms with Crippen LogP contribution in [0.15, 0.2) is 91.3 Å². The topological polar surface area (TPSA) is 186 Å². The van der Waals surface area contributed by atoms with Crippen LogP contribution in [0.5, 0.6) is 0 Å². The van der Waals surface area contributed by atoms with Crippen molar-refractivity contribution in [2.75, 3.05) is 13.1 Å². The Morgan fingerprint density at radius 2 is 1.27 bits per heavy atom. The minimum Gasteiger partial charge on any atom is -0.465 e. The molecule has 5 N–H and O–H groups in total. The molecule has 4 heterocycles. The minimum absolute atomic E-state index is 0.0733. The van der Waals surface area contributed by atoms with E-state index in [0.29, 0.717) is 30.9 Å². The first kappa shape index (κ1) is 40.3. The fourth-order valence-corrected chi connectivity index (χ4v) is 8.89. The lowest BCUT2D eigenvalue weighted by atomic mass is 10.0. The molecule has 0 radical (unpaired) electrons. The standard InChI is InChI=1S/C46H52N8O6/c1-46(2,3)60-45(59)49-34-22-21-33(25-34)42(55)53-23-7-11-37(53)40-47-26-35(50-40)30-17-13-28(14-18-30)29-15-19-31(20-16-29)36-27-48-41(51-36)38-12-8-24-54(38)43(56)39(52-44(57)58)32-9-5-4-6-10-32/h4-6,9-10,13-20,26-27,33-34,37-39,52H,7-8,11-12,21-25H2,1-3H3,(H,47,50)(H,48,51)(H,49,59)(H,57,58)/t33-,34+,37+,38+,39-/m1/s1. The van der Waals surface area contributed by atoms with E-state index < -0.39 is 23.8 Å². The number of benzene rings is 3. The summed E-state index contributed by atoms with van der Waals surface area (Å²) in [7, 11) is 0. The summed E-state index contributed by atoms with van der Waals surface area (Å²) in [5.74, 6) is 1.15. The number of carbonyl (C=O) groups excluding carboxylic acids is 3. The summed E-state index contributed by atoms with van der Waals surface area (Å²) >= 11 is 0. The van der Waals surface area contributed by atoms with Gasteiger partial charge in [-0.05, 0) is 93.5 Å². The van der Waals surface area contributed by atoms with Crippen LogP contribution in [-0.4, -0.2) is 83.6 Å². The van der Waals surface area contributed by atoms with Crippen molar-refractivity contribution >= 4 is 24.0 Å². The van der Waals surface area contributed by atoms with Gasteiger partial charge in [-0.15, -0.1) is 0 Å². The molecule has 3 fully saturated rings. The third-order valence-corrected chi connectivity index (χ3v) is 11.8. The molecule has 14 nitrogen and oxygen atoms in total. The van der Waals surface area contributed by atoms with Gasteiger partial charge in [-0.2, -0.15) is 0 Å². The van der Waals surface area contributed by atoms with Gasteiger partial charge < -0.3 is 40.2 Å². The Morgan fingerprint density at radius 1 is 0.733 bits per heavy atom. The molecule has 0 spiro atoms. The van der Waals surface area contributed by atoms with E-state index in [9.17, 15) is 24.3 Å². The fourth-order valence-electron chi connectivity index (χ4n) is 8.89. The number of carbonyl (C=O) groups is 4. The van der Waals surface area contributed by atoms with Crippen LogP contribution in [0.1, 0.15) is 101 Å². The second-order valence-electron chi connectivity index (χ2n) is 17.0. The SMILES string of the molecule is CC(C)(C)OC(=O)N[C@H]1CC[C@@H](C(=O)N2CCC[C@H]2c2ncc(-c3ccc(-c4ccc(-c5cnc([C@@H]6CCCN6C(=O)[C@H](NC(=O)O)c6ccccc6)[nH]5)cc4)cc3)[nH]2)C1. The van der Waals surface area contributed by atoms with E-state index in [-0.39, 0.29) is 35.9 Å². The molecule has 2 saturated heterocycles. The summed E-state index contributed by atoms with van der Waals surface area (Å²) < 4.78 is 5.42. The number of hydrogen-bond donors (Lipinski definition) is 5. The summed E-state index contributed by atoms with van der Waals surface area (Å²) in [6, 6.07) is 23.9. The quantitative estimate of drug-likeness (QED) is 0.0935. The van der Waals surface area contributed by atoms with Crippen molar-refractivity contribution < 1.29 is 29.0 Å². The number of imidazole rings is 2. The number of H-pyrrole nitrogens is 2. The number of rotatable bonds is 10. The second-order valence-corrected chi connectivity index (χ2v) is 17.0. The third-order valence-electron chi connectivity index (χ3n) is 11.8. The van der Waals surface area contributed by atoms with Gasteiger partial charge >= 0.3 is 12.2 Å². The average molecular weight is 813 g/mol. The first-order valence-corrected chi connectivity index (χ1v) is 20.9. The van der Waals surface area contributed by atoms with Gasteiger partial charge in [0.05, 0.1) is 35.9 Å². The van der Waals surface area contributed by atoms with Crippen molar-refractivity contribution in [3.63, 3.8) is 0 Å². The Kier molecular flexibility index (Phi) is 11.5. The summed E-state index contributed by atoms with van der Waals surface area (Å²) in [5, 5.41) is 14.8. The van der Waals surface area contributed by atoms with Crippen molar-refractivity contribution in [2.45, 2.75) is 95.5 Å². The van der Waals surface area contributed by atoms with E-state index in [1.54, 1.807) is 35.4 Å². The number of likely N-dealkylation sites (tertiary alicyclic amines) is 2. The lowest BCUT2D eigenvalue weighted by molar-refractivity contribution is -0.136. The Morgan fingerprint density at radius 3 is 1.82 bits per heavy atom. The number of ether oxygens (including phenoxy) is 1. The largest absolute Gasteiger partial charge is 0.465 e. The zero-order chi connectivity index (χ0) is 42.0. The smallest absolute Gasteiger partial charge is 0.407 e. The number of alkyl carbamates (subject to hydrolysis) is 1. The highest BCUT2D eigenvalue weighted by Crippen LogP contribution is 2.37. The van der Waals surface area contributed by atoms with E-state index in [4.69, 9.17) is 9.72 Å². The molecule has 5 atom stereocenters. The van der Waals surface area contributed by atoms with Crippen LogP contribution in [0.25, 0.3) is 33.6 Å². The zero-order valence-corrected chi connectivity index (χ0v) is 34.2. The normalized spacial score (nSPS) is 20.9. The Balaban J connectivity index is 0.885. The van der Waals surface area contributed by atoms with Gasteiger partial charge in [0.2, 0.25) is 5.91 Å².